The minimum Gasteiger partial charge on any atom is -0.356 e. The van der Waals surface area contributed by atoms with Crippen LogP contribution < -0.4 is 10.6 Å². The number of hydrogen-bond donors (Lipinski definition) is 2. The van der Waals surface area contributed by atoms with Gasteiger partial charge in [0.15, 0.2) is 15.8 Å². The molecule has 7 nitrogen and oxygen atoms in total. The molecule has 1 aromatic heterocycles. The second-order valence-electron chi connectivity index (χ2n) is 6.02. The fourth-order valence-corrected chi connectivity index (χ4v) is 4.61. The first-order chi connectivity index (χ1) is 11.6. The lowest BCUT2D eigenvalue weighted by Gasteiger charge is -2.16. The largest absolute Gasteiger partial charge is 0.356 e. The maximum Gasteiger partial charge on any atom is 0.191 e. The molecular weight excluding hydrogens is 453 g/mol. The SMILES string of the molecule is CN=C(NCCCn1cnc2ccccc21)NC1CCS(=O)(=O)C1.I. The van der Waals surface area contributed by atoms with Gasteiger partial charge in [0.2, 0.25) is 0 Å². The van der Waals surface area contributed by atoms with E-state index in [0.717, 1.165) is 30.5 Å². The molecule has 1 fully saturated rings. The van der Waals surface area contributed by atoms with Crippen LogP contribution in [0.3, 0.4) is 0 Å². The van der Waals surface area contributed by atoms with Gasteiger partial charge in [-0.15, -0.1) is 24.0 Å². The molecule has 2 heterocycles. The van der Waals surface area contributed by atoms with Crippen molar-refractivity contribution in [3.63, 3.8) is 0 Å². The highest BCUT2D eigenvalue weighted by Gasteiger charge is 2.28. The van der Waals surface area contributed by atoms with E-state index < -0.39 is 9.84 Å². The van der Waals surface area contributed by atoms with Gasteiger partial charge in [0.05, 0.1) is 28.9 Å². The Morgan fingerprint density at radius 1 is 1.40 bits per heavy atom. The molecule has 1 atom stereocenters. The first kappa shape index (κ1) is 20.0. The number of sulfone groups is 1. The van der Waals surface area contributed by atoms with E-state index in [1.807, 2.05) is 24.5 Å². The van der Waals surface area contributed by atoms with Crippen LogP contribution in [0, 0.1) is 0 Å². The number of hydrogen-bond acceptors (Lipinski definition) is 4. The fourth-order valence-electron chi connectivity index (χ4n) is 2.94. The van der Waals surface area contributed by atoms with Crippen LogP contribution in [-0.4, -0.2) is 55.1 Å². The van der Waals surface area contributed by atoms with E-state index in [1.54, 1.807) is 7.05 Å². The van der Waals surface area contributed by atoms with Crippen molar-refractivity contribution in [1.29, 1.82) is 0 Å². The lowest BCUT2D eigenvalue weighted by Crippen LogP contribution is -2.44. The van der Waals surface area contributed by atoms with Gasteiger partial charge in [-0.1, -0.05) is 12.1 Å². The van der Waals surface area contributed by atoms with E-state index in [2.05, 4.69) is 31.2 Å². The summed E-state index contributed by atoms with van der Waals surface area (Å²) in [7, 11) is -1.18. The van der Waals surface area contributed by atoms with Crippen molar-refractivity contribution >= 4 is 50.8 Å². The molecule has 1 aliphatic heterocycles. The molecule has 1 aliphatic rings. The van der Waals surface area contributed by atoms with Gasteiger partial charge in [0, 0.05) is 26.2 Å². The quantitative estimate of drug-likeness (QED) is 0.294. The predicted molar refractivity (Wildman–Crippen MR) is 111 cm³/mol. The summed E-state index contributed by atoms with van der Waals surface area (Å²) in [6.45, 7) is 1.62. The zero-order chi connectivity index (χ0) is 17.0. The highest BCUT2D eigenvalue weighted by molar-refractivity contribution is 14.0. The monoisotopic (exact) mass is 477 g/mol. The molecule has 3 rings (SSSR count). The molecule has 0 radical (unpaired) electrons. The molecule has 2 N–H and O–H groups in total. The van der Waals surface area contributed by atoms with Gasteiger partial charge in [0.25, 0.3) is 0 Å². The Labute approximate surface area is 165 Å². The van der Waals surface area contributed by atoms with Crippen LogP contribution in [0.2, 0.25) is 0 Å². The number of benzene rings is 1. The number of fused-ring (bicyclic) bond motifs is 1. The Morgan fingerprint density at radius 2 is 2.20 bits per heavy atom. The molecule has 1 aromatic carbocycles. The van der Waals surface area contributed by atoms with E-state index in [4.69, 9.17) is 0 Å². The Morgan fingerprint density at radius 3 is 2.92 bits per heavy atom. The van der Waals surface area contributed by atoms with Crippen LogP contribution in [0.15, 0.2) is 35.6 Å². The highest BCUT2D eigenvalue weighted by Crippen LogP contribution is 2.12. The zero-order valence-corrected chi connectivity index (χ0v) is 17.3. The van der Waals surface area contributed by atoms with Crippen molar-refractivity contribution in [2.75, 3.05) is 25.1 Å². The van der Waals surface area contributed by atoms with Gasteiger partial charge < -0.3 is 15.2 Å². The van der Waals surface area contributed by atoms with E-state index >= 15 is 0 Å². The van der Waals surface area contributed by atoms with Gasteiger partial charge in [-0.25, -0.2) is 13.4 Å². The first-order valence-corrected chi connectivity index (χ1v) is 9.97. The Hall–Kier alpha value is -1.36. The lowest BCUT2D eigenvalue weighted by molar-refractivity contribution is 0.598. The van der Waals surface area contributed by atoms with Crippen LogP contribution in [0.4, 0.5) is 0 Å². The Kier molecular flexibility index (Phi) is 7.05. The third-order valence-corrected chi connectivity index (χ3v) is 5.96. The molecule has 138 valence electrons. The third-order valence-electron chi connectivity index (χ3n) is 4.19. The number of guanidine groups is 1. The van der Waals surface area contributed by atoms with Gasteiger partial charge >= 0.3 is 0 Å². The molecule has 1 unspecified atom stereocenters. The minimum atomic E-state index is -2.88. The maximum absolute atomic E-state index is 11.5. The van der Waals surface area contributed by atoms with Crippen LogP contribution in [0.5, 0.6) is 0 Å². The van der Waals surface area contributed by atoms with Crippen molar-refractivity contribution in [3.05, 3.63) is 30.6 Å². The van der Waals surface area contributed by atoms with E-state index in [9.17, 15) is 8.42 Å². The Bertz CT molecular complexity index is 834. The van der Waals surface area contributed by atoms with Crippen LogP contribution >= 0.6 is 24.0 Å². The third kappa shape index (κ3) is 5.30. The zero-order valence-electron chi connectivity index (χ0n) is 14.2. The molecule has 0 saturated carbocycles. The summed E-state index contributed by atoms with van der Waals surface area (Å²) in [5, 5.41) is 6.43. The average molecular weight is 477 g/mol. The standard InChI is InChI=1S/C16H23N5O2S.HI/c1-17-16(20-13-7-10-24(22,23)11-13)18-8-4-9-21-12-19-14-5-2-3-6-15(14)21;/h2-3,5-6,12-13H,4,7-11H2,1H3,(H2,17,18,20);1H. The molecule has 2 aromatic rings. The number of para-hydroxylation sites is 2. The average Bonchev–Trinajstić information content (AvgIpc) is 3.13. The summed E-state index contributed by atoms with van der Waals surface area (Å²) >= 11 is 0. The summed E-state index contributed by atoms with van der Waals surface area (Å²) in [6, 6.07) is 8.03. The molecular formula is C16H24IN5O2S. The van der Waals surface area contributed by atoms with E-state index in [-0.39, 0.29) is 41.5 Å². The number of aliphatic imine (C=N–C) groups is 1. The minimum absolute atomic E-state index is 0. The number of rotatable bonds is 5. The molecule has 0 aliphatic carbocycles. The number of halogens is 1. The Balaban J connectivity index is 0.00000225. The molecule has 0 bridgehead atoms. The topological polar surface area (TPSA) is 88.4 Å². The summed E-state index contributed by atoms with van der Waals surface area (Å²) in [4.78, 5) is 8.54. The van der Waals surface area contributed by atoms with Crippen molar-refractivity contribution in [2.24, 2.45) is 4.99 Å². The summed E-state index contributed by atoms with van der Waals surface area (Å²) in [6.07, 6.45) is 3.43. The summed E-state index contributed by atoms with van der Waals surface area (Å²) in [5.41, 5.74) is 2.14. The van der Waals surface area contributed by atoms with Gasteiger partial charge in [0.1, 0.15) is 0 Å². The maximum atomic E-state index is 11.5. The van der Waals surface area contributed by atoms with Crippen LogP contribution in [0.1, 0.15) is 12.8 Å². The number of imidazole rings is 1. The number of nitrogens with one attached hydrogen (secondary N) is 2. The highest BCUT2D eigenvalue weighted by atomic mass is 127. The van der Waals surface area contributed by atoms with Crippen molar-refractivity contribution in [2.45, 2.75) is 25.4 Å². The molecule has 1 saturated heterocycles. The second-order valence-corrected chi connectivity index (χ2v) is 8.25. The second kappa shape index (κ2) is 8.84. The predicted octanol–water partition coefficient (Wildman–Crippen LogP) is 1.40. The van der Waals surface area contributed by atoms with Crippen molar-refractivity contribution in [3.8, 4) is 0 Å². The van der Waals surface area contributed by atoms with Crippen molar-refractivity contribution in [1.82, 2.24) is 20.2 Å². The summed E-state index contributed by atoms with van der Waals surface area (Å²) in [5.74, 6) is 1.11. The number of aryl methyl sites for hydroxylation is 1. The first-order valence-electron chi connectivity index (χ1n) is 8.15. The summed E-state index contributed by atoms with van der Waals surface area (Å²) < 4.78 is 25.1. The fraction of sp³-hybridized carbons (Fsp3) is 0.500. The lowest BCUT2D eigenvalue weighted by atomic mass is 10.3. The van der Waals surface area contributed by atoms with Crippen molar-refractivity contribution < 1.29 is 8.42 Å². The van der Waals surface area contributed by atoms with E-state index in [0.29, 0.717) is 12.4 Å². The van der Waals surface area contributed by atoms with E-state index in [1.165, 1.54) is 0 Å². The smallest absolute Gasteiger partial charge is 0.191 e. The van der Waals surface area contributed by atoms with Gasteiger partial charge in [-0.3, -0.25) is 4.99 Å². The number of nitrogens with zero attached hydrogens (tertiary/aromatic N) is 3. The van der Waals surface area contributed by atoms with Gasteiger partial charge in [-0.2, -0.15) is 0 Å². The molecule has 9 heteroatoms. The molecule has 0 amide bonds. The molecule has 25 heavy (non-hydrogen) atoms. The molecule has 0 spiro atoms. The van der Waals surface area contributed by atoms with Gasteiger partial charge in [-0.05, 0) is 25.0 Å². The normalized spacial score (nSPS) is 19.6. The van der Waals surface area contributed by atoms with Crippen LogP contribution in [0.25, 0.3) is 11.0 Å². The van der Waals surface area contributed by atoms with Crippen LogP contribution in [-0.2, 0) is 16.4 Å². The number of aromatic nitrogens is 2.